The summed E-state index contributed by atoms with van der Waals surface area (Å²) in [7, 11) is 0. The molecule has 1 N–H and O–H groups in total. The van der Waals surface area contributed by atoms with E-state index in [4.69, 9.17) is 0 Å². The van der Waals surface area contributed by atoms with Gasteiger partial charge < -0.3 is 10.2 Å². The number of hydrogen-bond donors (Lipinski definition) is 1. The molecular weight excluding hydrogens is 412 g/mol. The summed E-state index contributed by atoms with van der Waals surface area (Å²) in [6, 6.07) is 5.88. The van der Waals surface area contributed by atoms with Gasteiger partial charge in [0.1, 0.15) is 0 Å². The van der Waals surface area contributed by atoms with Crippen LogP contribution < -0.4 is 10.2 Å². The Hall–Kier alpha value is -2.61. The second-order valence-electron chi connectivity index (χ2n) is 9.52. The molecule has 3 heterocycles. The number of rotatable bonds is 6. The summed E-state index contributed by atoms with van der Waals surface area (Å²) in [6.45, 7) is 4.16. The lowest BCUT2D eigenvalue weighted by molar-refractivity contribution is -0.132. The molecule has 2 atom stereocenters. The van der Waals surface area contributed by atoms with E-state index < -0.39 is 17.0 Å². The van der Waals surface area contributed by atoms with Crippen LogP contribution >= 0.6 is 0 Å². The third kappa shape index (κ3) is 4.33. The molecule has 6 nitrogen and oxygen atoms in total. The summed E-state index contributed by atoms with van der Waals surface area (Å²) in [5, 5.41) is 3.24. The lowest BCUT2D eigenvalue weighted by atomic mass is 9.74. The Morgan fingerprint density at radius 3 is 2.72 bits per heavy atom. The Balaban J connectivity index is 1.37. The molecule has 1 saturated carbocycles. The van der Waals surface area contributed by atoms with Crippen molar-refractivity contribution in [2.45, 2.75) is 32.2 Å². The number of halogens is 2. The molecule has 0 unspecified atom stereocenters. The second kappa shape index (κ2) is 8.73. The molecule has 32 heavy (non-hydrogen) atoms. The molecule has 0 spiro atoms. The molecule has 8 heteroatoms. The zero-order valence-corrected chi connectivity index (χ0v) is 18.1. The van der Waals surface area contributed by atoms with E-state index in [1.165, 1.54) is 25.0 Å². The lowest BCUT2D eigenvalue weighted by Gasteiger charge is -2.32. The van der Waals surface area contributed by atoms with E-state index in [0.29, 0.717) is 31.5 Å². The van der Waals surface area contributed by atoms with Crippen molar-refractivity contribution in [3.63, 3.8) is 0 Å². The van der Waals surface area contributed by atoms with E-state index >= 15 is 0 Å². The standard InChI is InChI=1S/C24H29F2N5O/c25-20-6-5-18(11-21(20)26)13-30-10-1-7-24(22(32)29-12-17-3-4-17)16-31(15-19(24)14-30)23-27-8-2-9-28-23/h2,5-6,8-9,11,17,19H,1,3-4,7,10,12-16H2,(H,29,32)/t19-,24+/m0/s1. The fraction of sp³-hybridized carbons (Fsp3) is 0.542. The van der Waals surface area contributed by atoms with Crippen molar-refractivity contribution >= 4 is 11.9 Å². The van der Waals surface area contributed by atoms with Crippen LogP contribution in [0.2, 0.25) is 0 Å². The number of likely N-dealkylation sites (tertiary alicyclic amines) is 1. The average Bonchev–Trinajstić information content (AvgIpc) is 3.58. The van der Waals surface area contributed by atoms with Crippen molar-refractivity contribution in [3.8, 4) is 0 Å². The van der Waals surface area contributed by atoms with Gasteiger partial charge in [-0.2, -0.15) is 0 Å². The Morgan fingerprint density at radius 1 is 1.16 bits per heavy atom. The van der Waals surface area contributed by atoms with Crippen LogP contribution in [0.5, 0.6) is 0 Å². The fourth-order valence-electron chi connectivity index (χ4n) is 5.26. The number of anilines is 1. The van der Waals surface area contributed by atoms with Gasteiger partial charge >= 0.3 is 0 Å². The minimum absolute atomic E-state index is 0.110. The third-order valence-corrected chi connectivity index (χ3v) is 7.20. The molecule has 1 amide bonds. The van der Waals surface area contributed by atoms with Gasteiger partial charge in [0, 0.05) is 51.0 Å². The van der Waals surface area contributed by atoms with E-state index in [9.17, 15) is 13.6 Å². The van der Waals surface area contributed by atoms with Gasteiger partial charge in [0.2, 0.25) is 11.9 Å². The number of carbonyl (C=O) groups excluding carboxylic acids is 1. The predicted octanol–water partition coefficient (Wildman–Crippen LogP) is 3.00. The quantitative estimate of drug-likeness (QED) is 0.747. The highest BCUT2D eigenvalue weighted by Gasteiger charge is 2.53. The SMILES string of the molecule is O=C(NCC1CC1)[C@@]12CCCN(Cc3ccc(F)c(F)c3)C[C@H]1CN(c1ncccn1)C2. The van der Waals surface area contributed by atoms with Crippen LogP contribution in [0.3, 0.4) is 0 Å². The van der Waals surface area contributed by atoms with Crippen LogP contribution in [0.25, 0.3) is 0 Å². The number of benzene rings is 1. The van der Waals surface area contributed by atoms with E-state index in [2.05, 4.69) is 25.1 Å². The van der Waals surface area contributed by atoms with Gasteiger partial charge in [-0.25, -0.2) is 18.7 Å². The highest BCUT2D eigenvalue weighted by Crippen LogP contribution is 2.44. The van der Waals surface area contributed by atoms with Gasteiger partial charge in [0.15, 0.2) is 11.6 Å². The van der Waals surface area contributed by atoms with E-state index in [1.54, 1.807) is 24.5 Å². The summed E-state index contributed by atoms with van der Waals surface area (Å²) in [5.74, 6) is -0.119. The van der Waals surface area contributed by atoms with Crippen LogP contribution in [-0.4, -0.2) is 53.5 Å². The summed E-state index contributed by atoms with van der Waals surface area (Å²) < 4.78 is 27.1. The number of hydrogen-bond acceptors (Lipinski definition) is 5. The maximum atomic E-state index is 13.7. The summed E-state index contributed by atoms with van der Waals surface area (Å²) in [6.07, 6.45) is 7.52. The van der Waals surface area contributed by atoms with Crippen LogP contribution in [-0.2, 0) is 11.3 Å². The predicted molar refractivity (Wildman–Crippen MR) is 117 cm³/mol. The first-order valence-electron chi connectivity index (χ1n) is 11.5. The molecule has 1 aromatic heterocycles. The van der Waals surface area contributed by atoms with Gasteiger partial charge in [-0.05, 0) is 61.9 Å². The van der Waals surface area contributed by atoms with Crippen molar-refractivity contribution in [3.05, 3.63) is 53.9 Å². The number of nitrogens with one attached hydrogen (secondary N) is 1. The van der Waals surface area contributed by atoms with Crippen molar-refractivity contribution in [1.82, 2.24) is 20.2 Å². The molecule has 2 aliphatic heterocycles. The third-order valence-electron chi connectivity index (χ3n) is 7.20. The molecule has 1 aliphatic carbocycles. The zero-order valence-electron chi connectivity index (χ0n) is 18.1. The molecule has 0 bridgehead atoms. The van der Waals surface area contributed by atoms with Gasteiger partial charge in [0.25, 0.3) is 0 Å². The normalized spacial score (nSPS) is 25.9. The van der Waals surface area contributed by atoms with Crippen molar-refractivity contribution in [1.29, 1.82) is 0 Å². The molecule has 5 rings (SSSR count). The Kier molecular flexibility index (Phi) is 5.80. The van der Waals surface area contributed by atoms with Crippen molar-refractivity contribution in [2.75, 3.05) is 37.6 Å². The van der Waals surface area contributed by atoms with Crippen LogP contribution in [0, 0.1) is 28.9 Å². The molecule has 2 saturated heterocycles. The van der Waals surface area contributed by atoms with Gasteiger partial charge in [0.05, 0.1) is 5.41 Å². The van der Waals surface area contributed by atoms with Crippen LogP contribution in [0.15, 0.2) is 36.7 Å². The highest BCUT2D eigenvalue weighted by molar-refractivity contribution is 5.84. The Morgan fingerprint density at radius 2 is 1.97 bits per heavy atom. The number of aromatic nitrogens is 2. The van der Waals surface area contributed by atoms with Gasteiger partial charge in [-0.15, -0.1) is 0 Å². The molecule has 2 aromatic rings. The summed E-state index contributed by atoms with van der Waals surface area (Å²) in [5.41, 5.74) is 0.257. The molecular formula is C24H29F2N5O. The maximum Gasteiger partial charge on any atom is 0.228 e. The lowest BCUT2D eigenvalue weighted by Crippen LogP contribution is -2.48. The molecule has 0 radical (unpaired) electrons. The Bertz CT molecular complexity index is 970. The average molecular weight is 442 g/mol. The minimum atomic E-state index is -0.828. The monoisotopic (exact) mass is 441 g/mol. The number of carbonyl (C=O) groups is 1. The summed E-state index contributed by atoms with van der Waals surface area (Å²) in [4.78, 5) is 26.7. The Labute approximate surface area is 187 Å². The second-order valence-corrected chi connectivity index (χ2v) is 9.52. The maximum absolute atomic E-state index is 13.7. The van der Waals surface area contributed by atoms with Crippen molar-refractivity contribution < 1.29 is 13.6 Å². The number of amides is 1. The van der Waals surface area contributed by atoms with Crippen LogP contribution in [0.1, 0.15) is 31.2 Å². The molecule has 3 aliphatic rings. The minimum Gasteiger partial charge on any atom is -0.355 e. The van der Waals surface area contributed by atoms with E-state index in [0.717, 1.165) is 38.0 Å². The number of fused-ring (bicyclic) bond motifs is 1. The van der Waals surface area contributed by atoms with E-state index in [-0.39, 0.29) is 11.8 Å². The first-order chi connectivity index (χ1) is 15.5. The number of nitrogens with zero attached hydrogens (tertiary/aromatic N) is 4. The highest BCUT2D eigenvalue weighted by atomic mass is 19.2. The molecule has 1 aromatic carbocycles. The van der Waals surface area contributed by atoms with E-state index in [1.807, 2.05) is 0 Å². The smallest absolute Gasteiger partial charge is 0.228 e. The molecule has 170 valence electrons. The first-order valence-corrected chi connectivity index (χ1v) is 11.5. The van der Waals surface area contributed by atoms with Crippen molar-refractivity contribution in [2.24, 2.45) is 17.3 Å². The summed E-state index contributed by atoms with van der Waals surface area (Å²) >= 11 is 0. The van der Waals surface area contributed by atoms with Crippen LogP contribution in [0.4, 0.5) is 14.7 Å². The van der Waals surface area contributed by atoms with Gasteiger partial charge in [-0.3, -0.25) is 9.69 Å². The largest absolute Gasteiger partial charge is 0.355 e. The molecule has 3 fully saturated rings. The topological polar surface area (TPSA) is 61.4 Å². The first kappa shape index (κ1) is 21.2. The zero-order chi connectivity index (χ0) is 22.1. The fourth-order valence-corrected chi connectivity index (χ4v) is 5.26. The van der Waals surface area contributed by atoms with Gasteiger partial charge in [-0.1, -0.05) is 6.07 Å².